The van der Waals surface area contributed by atoms with Crippen LogP contribution in [0.5, 0.6) is 0 Å². The van der Waals surface area contributed by atoms with E-state index >= 15 is 0 Å². The zero-order valence-corrected chi connectivity index (χ0v) is 33.8. The van der Waals surface area contributed by atoms with Gasteiger partial charge >= 0.3 is 47.8 Å². The second-order valence-electron chi connectivity index (χ2n) is 16.2. The van der Waals surface area contributed by atoms with Crippen molar-refractivity contribution in [2.75, 3.05) is 0 Å². The van der Waals surface area contributed by atoms with Crippen LogP contribution in [0.15, 0.2) is 57.5 Å². The number of aliphatic carboxylic acids is 8. The third-order valence-electron chi connectivity index (χ3n) is 11.9. The van der Waals surface area contributed by atoms with Crippen LogP contribution in [0.4, 0.5) is 0 Å². The van der Waals surface area contributed by atoms with E-state index < -0.39 is 122 Å². The predicted octanol–water partition coefficient (Wildman–Crippen LogP) is 3.70. The molecule has 5 heterocycles. The lowest BCUT2D eigenvalue weighted by molar-refractivity contribution is -0.140. The molecule has 0 radical (unpaired) electrons. The zero-order chi connectivity index (χ0) is 45.8. The first-order valence-electron chi connectivity index (χ1n) is 19.7. The molecule has 5 rings (SSSR count). The molecule has 62 heavy (non-hydrogen) atoms. The minimum atomic E-state index is -1.50. The van der Waals surface area contributed by atoms with E-state index in [1.807, 2.05) is 0 Å². The highest BCUT2D eigenvalue weighted by Gasteiger charge is 2.49. The number of carboxylic acid groups (broad SMARTS) is 8. The van der Waals surface area contributed by atoms with Gasteiger partial charge in [0.1, 0.15) is 0 Å². The Morgan fingerprint density at radius 2 is 1.08 bits per heavy atom. The molecule has 12 N–H and O–H groups in total. The van der Waals surface area contributed by atoms with Crippen molar-refractivity contribution in [3.05, 3.63) is 80.0 Å². The molecule has 1 fully saturated rings. The fourth-order valence-corrected chi connectivity index (χ4v) is 9.09. The van der Waals surface area contributed by atoms with Crippen LogP contribution >= 0.6 is 0 Å². The fourth-order valence-electron chi connectivity index (χ4n) is 9.09. The van der Waals surface area contributed by atoms with E-state index in [4.69, 9.17) is 0 Å². The van der Waals surface area contributed by atoms with E-state index in [9.17, 15) is 79.2 Å². The van der Waals surface area contributed by atoms with E-state index in [0.29, 0.717) is 5.57 Å². The quantitative estimate of drug-likeness (QED) is 0.0888. The smallest absolute Gasteiger partial charge is 0.307 e. The summed E-state index contributed by atoms with van der Waals surface area (Å²) in [6.07, 6.45) is 1.12. The zero-order valence-electron chi connectivity index (χ0n) is 33.8. The van der Waals surface area contributed by atoms with Crippen LogP contribution in [0.3, 0.4) is 0 Å². The van der Waals surface area contributed by atoms with Crippen molar-refractivity contribution in [3.8, 4) is 0 Å². The number of aromatic nitrogens is 1. The Morgan fingerprint density at radius 3 is 1.66 bits per heavy atom. The second kappa shape index (κ2) is 18.2. The average molecular weight is 865 g/mol. The summed E-state index contributed by atoms with van der Waals surface area (Å²) in [4.78, 5) is 101. The number of rotatable bonds is 20. The number of fused-ring (bicyclic) bond motifs is 8. The monoisotopic (exact) mass is 864 g/mol. The number of hydrogen-bond acceptors (Lipinski definition) is 11. The SMILES string of the molecule is C[C@]1(CC(=O)O)C(CCC(=O)O)=C2/C=C3\N/C(=C\c4[nH]c(c(CCC(=O)O)c4CC(=O)O)/C=C4\NC(=C(CC(=O)O)[C@H]4CCC(=O)O)/C=C/1N2)[C@@H](CCC(=O)O)[C@]3(C)CC(=O)O. The molecule has 4 aliphatic heterocycles. The number of nitrogens with one attached hydrogen (secondary N) is 4. The molecule has 0 aliphatic carbocycles. The Morgan fingerprint density at radius 1 is 0.532 bits per heavy atom. The van der Waals surface area contributed by atoms with E-state index in [-0.39, 0.29) is 88.0 Å². The maximum absolute atomic E-state index is 12.6. The maximum Gasteiger partial charge on any atom is 0.307 e. The van der Waals surface area contributed by atoms with E-state index in [2.05, 4.69) is 20.9 Å². The number of H-pyrrole nitrogens is 1. The molecule has 4 atom stereocenters. The summed E-state index contributed by atoms with van der Waals surface area (Å²) < 4.78 is 0. The summed E-state index contributed by atoms with van der Waals surface area (Å²) in [5, 5.41) is 89.4. The summed E-state index contributed by atoms with van der Waals surface area (Å²) in [5.41, 5.74) is -0.505. The van der Waals surface area contributed by atoms with Gasteiger partial charge in [0.05, 0.1) is 25.7 Å². The van der Waals surface area contributed by atoms with Crippen molar-refractivity contribution in [2.45, 2.75) is 90.9 Å². The van der Waals surface area contributed by atoms with E-state index in [1.165, 1.54) is 24.3 Å². The van der Waals surface area contributed by atoms with Crippen LogP contribution in [0, 0.1) is 22.7 Å². The van der Waals surface area contributed by atoms with Crippen LogP contribution in [0.1, 0.15) is 101 Å². The van der Waals surface area contributed by atoms with Crippen molar-refractivity contribution in [1.82, 2.24) is 20.9 Å². The number of allylic oxidation sites excluding steroid dienone is 6. The van der Waals surface area contributed by atoms with Crippen molar-refractivity contribution in [3.63, 3.8) is 0 Å². The molecule has 1 aromatic rings. The van der Waals surface area contributed by atoms with Gasteiger partial charge in [-0.2, -0.15) is 0 Å². The topological polar surface area (TPSA) is 350 Å². The molecule has 4 aliphatic rings. The third kappa shape index (κ3) is 10.1. The lowest BCUT2D eigenvalue weighted by Gasteiger charge is -2.30. The largest absolute Gasteiger partial charge is 0.481 e. The fraction of sp³-hybridized carbons (Fsp3) is 0.429. The predicted molar refractivity (Wildman–Crippen MR) is 214 cm³/mol. The third-order valence-corrected chi connectivity index (χ3v) is 11.9. The summed E-state index contributed by atoms with van der Waals surface area (Å²) in [6.45, 7) is 3.14. The van der Waals surface area contributed by atoms with Gasteiger partial charge in [-0.1, -0.05) is 6.92 Å². The number of hydrogen-bond donors (Lipinski definition) is 12. The number of carbonyl (C=O) groups is 8. The molecular formula is C42H48N4O16. The van der Waals surface area contributed by atoms with Crippen LogP contribution in [-0.2, 0) is 51.2 Å². The van der Waals surface area contributed by atoms with Gasteiger partial charge in [-0.25, -0.2) is 0 Å². The number of carboxylic acids is 8. The standard InChI is InChI=1S/C42H48N4O16/c1-41(17-39(59)60)23(5-9-35(51)52)29-14-27-21(11-37(55)56)19(3-7-33(47)48)25(43-27)13-26-20(4-8-34(49)50)22(12-38(57)58)28(44-26)15-31-42(2,18-40(61)62)24(6-10-36(53)54)30(46-31)16-32(41)45-29/h13-16,20,23,43-46H,3-12,17-18H2,1-2H3,(H,47,48)(H,49,50)(H,51,52)(H,53,54)(H,55,56)(H,57,58)(H,59,60)(H,61,62)/b26-13-,29-14-,31-15-,32-16-/t20-,23-,41+,42+/m1/s1. The second-order valence-corrected chi connectivity index (χ2v) is 16.2. The summed E-state index contributed by atoms with van der Waals surface area (Å²) in [6, 6.07) is 0. The van der Waals surface area contributed by atoms with Gasteiger partial charge in [0, 0.05) is 93.9 Å². The lowest BCUT2D eigenvalue weighted by atomic mass is 9.71. The Balaban J connectivity index is 1.96. The average Bonchev–Trinajstić information content (AvgIpc) is 3.77. The van der Waals surface area contributed by atoms with Crippen molar-refractivity contribution in [2.24, 2.45) is 22.7 Å². The van der Waals surface area contributed by atoms with Gasteiger partial charge in [0.15, 0.2) is 0 Å². The van der Waals surface area contributed by atoms with Crippen molar-refractivity contribution < 1.29 is 79.2 Å². The molecule has 0 amide bonds. The normalized spacial score (nSPS) is 26.0. The molecule has 0 saturated carbocycles. The van der Waals surface area contributed by atoms with Crippen molar-refractivity contribution in [1.29, 1.82) is 0 Å². The maximum atomic E-state index is 12.6. The van der Waals surface area contributed by atoms with Gasteiger partial charge in [-0.05, 0) is 79.2 Å². The van der Waals surface area contributed by atoms with Crippen LogP contribution in [-0.4, -0.2) is 93.6 Å². The highest BCUT2D eigenvalue weighted by molar-refractivity contribution is 5.79. The molecule has 20 nitrogen and oxygen atoms in total. The first kappa shape index (κ1) is 46.0. The first-order valence-corrected chi connectivity index (χ1v) is 19.7. The van der Waals surface area contributed by atoms with Crippen molar-refractivity contribution >= 4 is 59.9 Å². The van der Waals surface area contributed by atoms with E-state index in [1.54, 1.807) is 13.8 Å². The highest BCUT2D eigenvalue weighted by Crippen LogP contribution is 2.53. The Kier molecular flexibility index (Phi) is 13.5. The van der Waals surface area contributed by atoms with Gasteiger partial charge in [-0.3, -0.25) is 38.4 Å². The minimum absolute atomic E-state index is 0.122. The molecule has 0 spiro atoms. The molecule has 20 heteroatoms. The first-order chi connectivity index (χ1) is 29.0. The molecule has 0 aromatic carbocycles. The molecule has 1 saturated heterocycles. The van der Waals surface area contributed by atoms with Gasteiger partial charge in [0.25, 0.3) is 0 Å². The van der Waals surface area contributed by atoms with E-state index in [0.717, 1.165) is 0 Å². The lowest BCUT2D eigenvalue weighted by Crippen LogP contribution is -2.29. The van der Waals surface area contributed by atoms with Crippen LogP contribution < -0.4 is 16.0 Å². The Labute approximate surface area is 353 Å². The van der Waals surface area contributed by atoms with Gasteiger partial charge in [-0.15, -0.1) is 0 Å². The highest BCUT2D eigenvalue weighted by atomic mass is 16.4. The van der Waals surface area contributed by atoms with Crippen LogP contribution in [0.2, 0.25) is 0 Å². The molecule has 0 unspecified atom stereocenters. The number of aromatic amines is 1. The molecule has 1 aromatic heterocycles. The minimum Gasteiger partial charge on any atom is -0.481 e. The summed E-state index contributed by atoms with van der Waals surface area (Å²) >= 11 is 0. The molecular weight excluding hydrogens is 816 g/mol. The molecule has 332 valence electrons. The molecule has 8 bridgehead atoms. The Hall–Kier alpha value is -7.12. The van der Waals surface area contributed by atoms with Crippen LogP contribution in [0.25, 0.3) is 12.2 Å². The van der Waals surface area contributed by atoms with Gasteiger partial charge in [0.2, 0.25) is 0 Å². The summed E-state index contributed by atoms with van der Waals surface area (Å²) in [5.74, 6) is -11.8. The van der Waals surface area contributed by atoms with Gasteiger partial charge < -0.3 is 61.8 Å². The Bertz CT molecular complexity index is 2330. The summed E-state index contributed by atoms with van der Waals surface area (Å²) in [7, 11) is 0.